The molecule has 3 rings (SSSR count). The van der Waals surface area contributed by atoms with Gasteiger partial charge in [-0.2, -0.15) is 0 Å². The number of carbonyl (C=O) groups is 2. The van der Waals surface area contributed by atoms with Crippen LogP contribution in [0.15, 0.2) is 91.0 Å². The third-order valence-electron chi connectivity index (χ3n) is 3.99. The number of ketones is 2. The number of Topliss-reactive ketones (excluding diaryl/α,β-unsaturated/α-hetero) is 2. The molecule has 3 heteroatoms. The number of benzene rings is 3. The van der Waals surface area contributed by atoms with Gasteiger partial charge in [0.25, 0.3) is 0 Å². The summed E-state index contributed by atoms with van der Waals surface area (Å²) in [6.45, 7) is 5.44. The Morgan fingerprint density at radius 1 is 0.679 bits per heavy atom. The third kappa shape index (κ3) is 6.60. The summed E-state index contributed by atoms with van der Waals surface area (Å²) < 4.78 is 5.80. The monoisotopic (exact) mass is 374 g/mol. The van der Waals surface area contributed by atoms with Gasteiger partial charge in [0.05, 0.1) is 6.10 Å². The standard InChI is InChI=1S/C17H18O2.C8H8O/c1-13(2)19-17(15-11-7-4-8-12-15)16(18)14-9-5-3-6-10-14;1-7(9)8-5-3-2-4-6-8/h3-13,17H,1-2H3;2-6H,1H3. The molecule has 1 atom stereocenters. The Morgan fingerprint density at radius 2 is 1.11 bits per heavy atom. The highest BCUT2D eigenvalue weighted by Gasteiger charge is 2.23. The molecule has 28 heavy (non-hydrogen) atoms. The lowest BCUT2D eigenvalue weighted by atomic mass is 9.99. The van der Waals surface area contributed by atoms with Crippen molar-refractivity contribution in [3.63, 3.8) is 0 Å². The van der Waals surface area contributed by atoms with Gasteiger partial charge in [0.15, 0.2) is 11.6 Å². The fourth-order valence-corrected chi connectivity index (χ4v) is 2.62. The van der Waals surface area contributed by atoms with Crippen LogP contribution in [0.1, 0.15) is 53.2 Å². The van der Waals surface area contributed by atoms with Crippen molar-refractivity contribution in [1.82, 2.24) is 0 Å². The molecule has 0 saturated carbocycles. The van der Waals surface area contributed by atoms with Crippen LogP contribution in [0.4, 0.5) is 0 Å². The minimum absolute atomic E-state index is 0.000463. The summed E-state index contributed by atoms with van der Waals surface area (Å²) >= 11 is 0. The molecule has 0 N–H and O–H groups in total. The van der Waals surface area contributed by atoms with E-state index in [4.69, 9.17) is 4.74 Å². The molecule has 0 aliphatic rings. The topological polar surface area (TPSA) is 43.4 Å². The molecule has 0 radical (unpaired) electrons. The van der Waals surface area contributed by atoms with E-state index in [0.717, 1.165) is 11.1 Å². The molecule has 0 heterocycles. The van der Waals surface area contributed by atoms with Crippen LogP contribution in [0.3, 0.4) is 0 Å². The molecule has 0 aliphatic carbocycles. The predicted octanol–water partition coefficient (Wildman–Crippen LogP) is 5.92. The maximum absolute atomic E-state index is 12.6. The summed E-state index contributed by atoms with van der Waals surface area (Å²) in [6, 6.07) is 28.1. The molecule has 144 valence electrons. The minimum atomic E-state index is -0.538. The van der Waals surface area contributed by atoms with Crippen LogP contribution < -0.4 is 0 Å². The number of carbonyl (C=O) groups excluding carboxylic acids is 2. The number of ether oxygens (including phenoxy) is 1. The van der Waals surface area contributed by atoms with Crippen molar-refractivity contribution in [3.05, 3.63) is 108 Å². The molecular formula is C25H26O3. The zero-order valence-corrected chi connectivity index (χ0v) is 16.5. The average molecular weight is 374 g/mol. The second kappa shape index (κ2) is 11.0. The molecule has 0 saturated heterocycles. The highest BCUT2D eigenvalue weighted by Crippen LogP contribution is 2.23. The lowest BCUT2D eigenvalue weighted by Gasteiger charge is -2.19. The molecule has 3 nitrogen and oxygen atoms in total. The van der Waals surface area contributed by atoms with Crippen molar-refractivity contribution in [2.45, 2.75) is 33.0 Å². The molecule has 3 aromatic carbocycles. The van der Waals surface area contributed by atoms with Crippen molar-refractivity contribution >= 4 is 11.6 Å². The van der Waals surface area contributed by atoms with Crippen LogP contribution in [0.2, 0.25) is 0 Å². The molecule has 0 aliphatic heterocycles. The van der Waals surface area contributed by atoms with E-state index in [1.165, 1.54) is 0 Å². The van der Waals surface area contributed by atoms with Crippen molar-refractivity contribution in [2.24, 2.45) is 0 Å². The van der Waals surface area contributed by atoms with Gasteiger partial charge in [-0.1, -0.05) is 91.0 Å². The Balaban J connectivity index is 0.000000261. The van der Waals surface area contributed by atoms with Crippen LogP contribution in [0.5, 0.6) is 0 Å². The molecular weight excluding hydrogens is 348 g/mol. The first kappa shape index (κ1) is 21.3. The summed E-state index contributed by atoms with van der Waals surface area (Å²) in [5, 5.41) is 0. The van der Waals surface area contributed by atoms with E-state index in [2.05, 4.69) is 0 Å². The molecule has 0 spiro atoms. The molecule has 0 bridgehead atoms. The van der Waals surface area contributed by atoms with Crippen molar-refractivity contribution in [3.8, 4) is 0 Å². The zero-order valence-electron chi connectivity index (χ0n) is 16.5. The number of rotatable bonds is 6. The van der Waals surface area contributed by atoms with Gasteiger partial charge in [-0.3, -0.25) is 9.59 Å². The Hall–Kier alpha value is -3.04. The fourth-order valence-electron chi connectivity index (χ4n) is 2.62. The SMILES string of the molecule is CC(=O)c1ccccc1.CC(C)OC(C(=O)c1ccccc1)c1ccccc1. The van der Waals surface area contributed by atoms with Crippen molar-refractivity contribution in [2.75, 3.05) is 0 Å². The average Bonchev–Trinajstić information content (AvgIpc) is 2.74. The van der Waals surface area contributed by atoms with Gasteiger partial charge in [0.2, 0.25) is 0 Å². The van der Waals surface area contributed by atoms with Crippen LogP contribution in [-0.2, 0) is 4.74 Å². The van der Waals surface area contributed by atoms with Gasteiger partial charge in [-0.15, -0.1) is 0 Å². The van der Waals surface area contributed by atoms with Gasteiger partial charge in [-0.25, -0.2) is 0 Å². The van der Waals surface area contributed by atoms with E-state index in [-0.39, 0.29) is 17.7 Å². The third-order valence-corrected chi connectivity index (χ3v) is 3.99. The maximum Gasteiger partial charge on any atom is 0.196 e. The van der Waals surface area contributed by atoms with Crippen molar-refractivity contribution < 1.29 is 14.3 Å². The van der Waals surface area contributed by atoms with Gasteiger partial charge in [0.1, 0.15) is 6.10 Å². The van der Waals surface area contributed by atoms with E-state index in [1.807, 2.05) is 105 Å². The summed E-state index contributed by atoms with van der Waals surface area (Å²) in [5.74, 6) is 0.121. The van der Waals surface area contributed by atoms with Gasteiger partial charge < -0.3 is 4.74 Å². The normalized spacial score (nSPS) is 11.3. The van der Waals surface area contributed by atoms with Gasteiger partial charge in [0, 0.05) is 11.1 Å². The summed E-state index contributed by atoms with van der Waals surface area (Å²) in [4.78, 5) is 23.2. The van der Waals surface area contributed by atoms with Crippen molar-refractivity contribution in [1.29, 1.82) is 0 Å². The van der Waals surface area contributed by atoms with E-state index in [9.17, 15) is 9.59 Å². The Labute approximate surface area is 167 Å². The number of hydrogen-bond acceptors (Lipinski definition) is 3. The molecule has 0 aromatic heterocycles. The van der Waals surface area contributed by atoms with E-state index in [1.54, 1.807) is 6.92 Å². The quantitative estimate of drug-likeness (QED) is 0.503. The first-order valence-electron chi connectivity index (χ1n) is 9.34. The predicted molar refractivity (Wildman–Crippen MR) is 113 cm³/mol. The Morgan fingerprint density at radius 3 is 1.50 bits per heavy atom. The second-order valence-electron chi connectivity index (χ2n) is 6.63. The van der Waals surface area contributed by atoms with Crippen LogP contribution >= 0.6 is 0 Å². The lowest BCUT2D eigenvalue weighted by molar-refractivity contribution is 0.0114. The maximum atomic E-state index is 12.6. The highest BCUT2D eigenvalue weighted by molar-refractivity contribution is 6.00. The number of hydrogen-bond donors (Lipinski definition) is 0. The largest absolute Gasteiger partial charge is 0.363 e. The second-order valence-corrected chi connectivity index (χ2v) is 6.63. The lowest BCUT2D eigenvalue weighted by Crippen LogP contribution is -2.19. The van der Waals surface area contributed by atoms with E-state index >= 15 is 0 Å². The fraction of sp³-hybridized carbons (Fsp3) is 0.200. The first-order valence-corrected chi connectivity index (χ1v) is 9.34. The summed E-state index contributed by atoms with van der Waals surface area (Å²) in [6.07, 6.45) is -0.540. The van der Waals surface area contributed by atoms with Crippen LogP contribution in [0.25, 0.3) is 0 Å². The molecule has 1 unspecified atom stereocenters. The van der Waals surface area contributed by atoms with E-state index < -0.39 is 6.10 Å². The molecule has 0 fully saturated rings. The highest BCUT2D eigenvalue weighted by atomic mass is 16.5. The molecule has 0 amide bonds. The summed E-state index contributed by atoms with van der Waals surface area (Å²) in [5.41, 5.74) is 2.35. The minimum Gasteiger partial charge on any atom is -0.363 e. The van der Waals surface area contributed by atoms with Gasteiger partial charge in [-0.05, 0) is 26.3 Å². The van der Waals surface area contributed by atoms with E-state index in [0.29, 0.717) is 5.56 Å². The van der Waals surface area contributed by atoms with Gasteiger partial charge >= 0.3 is 0 Å². The Kier molecular flexibility index (Phi) is 8.32. The zero-order chi connectivity index (χ0) is 20.4. The summed E-state index contributed by atoms with van der Waals surface area (Å²) in [7, 11) is 0. The Bertz CT molecular complexity index is 856. The van der Waals surface area contributed by atoms with Crippen LogP contribution in [-0.4, -0.2) is 17.7 Å². The molecule has 3 aromatic rings. The van der Waals surface area contributed by atoms with Crippen LogP contribution in [0, 0.1) is 0 Å². The smallest absolute Gasteiger partial charge is 0.196 e. The first-order chi connectivity index (χ1) is 13.5.